The van der Waals surface area contributed by atoms with Crippen molar-refractivity contribution in [3.63, 3.8) is 0 Å². The van der Waals surface area contributed by atoms with E-state index in [2.05, 4.69) is 16.4 Å². The first-order chi connectivity index (χ1) is 8.25. The standard InChI is InChI=1S/C14H15FN2.ClH/c1-9-7-12(10-5-6-16-8-10)11-3-2-4-13(15)14(11)17-9;/h2-4,7,10,16H,5-6,8H2,1H3;1H. The Morgan fingerprint density at radius 2 is 2.22 bits per heavy atom. The number of para-hydroxylation sites is 1. The predicted octanol–water partition coefficient (Wildman–Crippen LogP) is 3.18. The largest absolute Gasteiger partial charge is 0.316 e. The summed E-state index contributed by atoms with van der Waals surface area (Å²) >= 11 is 0. The first-order valence-corrected chi connectivity index (χ1v) is 6.02. The van der Waals surface area contributed by atoms with Crippen molar-refractivity contribution < 1.29 is 4.39 Å². The Balaban J connectivity index is 0.00000120. The highest BCUT2D eigenvalue weighted by Crippen LogP contribution is 2.30. The molecule has 1 atom stereocenters. The summed E-state index contributed by atoms with van der Waals surface area (Å²) in [5.74, 6) is 0.263. The van der Waals surface area contributed by atoms with Gasteiger partial charge in [-0.2, -0.15) is 0 Å². The lowest BCUT2D eigenvalue weighted by molar-refractivity contribution is 0.636. The predicted molar refractivity (Wildman–Crippen MR) is 73.9 cm³/mol. The van der Waals surface area contributed by atoms with Gasteiger partial charge in [0.2, 0.25) is 0 Å². The van der Waals surface area contributed by atoms with Crippen molar-refractivity contribution in [2.75, 3.05) is 13.1 Å². The molecule has 96 valence electrons. The fraction of sp³-hybridized carbons (Fsp3) is 0.357. The maximum Gasteiger partial charge on any atom is 0.149 e. The second kappa shape index (κ2) is 5.21. The molecule has 0 bridgehead atoms. The Morgan fingerprint density at radius 1 is 1.39 bits per heavy atom. The van der Waals surface area contributed by atoms with Crippen LogP contribution in [0.4, 0.5) is 4.39 Å². The summed E-state index contributed by atoms with van der Waals surface area (Å²) in [6.07, 6.45) is 1.12. The van der Waals surface area contributed by atoms with Gasteiger partial charge in [0, 0.05) is 17.6 Å². The van der Waals surface area contributed by atoms with Gasteiger partial charge in [0.05, 0.1) is 0 Å². The quantitative estimate of drug-likeness (QED) is 0.858. The minimum Gasteiger partial charge on any atom is -0.316 e. The minimum atomic E-state index is -0.224. The first kappa shape index (κ1) is 13.2. The van der Waals surface area contributed by atoms with Crippen LogP contribution in [0, 0.1) is 12.7 Å². The Bertz CT molecular complexity index is 565. The average molecular weight is 267 g/mol. The molecule has 1 fully saturated rings. The summed E-state index contributed by atoms with van der Waals surface area (Å²) in [5, 5.41) is 4.32. The highest BCUT2D eigenvalue weighted by atomic mass is 35.5. The van der Waals surface area contributed by atoms with E-state index in [0.29, 0.717) is 11.4 Å². The lowest BCUT2D eigenvalue weighted by Gasteiger charge is -2.13. The number of hydrogen-bond donors (Lipinski definition) is 1. The molecule has 4 heteroatoms. The molecule has 1 saturated heterocycles. The van der Waals surface area contributed by atoms with E-state index in [1.165, 1.54) is 11.6 Å². The number of nitrogens with one attached hydrogen (secondary N) is 1. The number of benzene rings is 1. The molecule has 1 N–H and O–H groups in total. The van der Waals surface area contributed by atoms with Crippen LogP contribution in [-0.2, 0) is 0 Å². The number of rotatable bonds is 1. The molecular formula is C14H16ClFN2. The molecule has 0 saturated carbocycles. The summed E-state index contributed by atoms with van der Waals surface area (Å²) in [6, 6.07) is 7.31. The van der Waals surface area contributed by atoms with Gasteiger partial charge >= 0.3 is 0 Å². The van der Waals surface area contributed by atoms with Crippen LogP contribution < -0.4 is 5.32 Å². The van der Waals surface area contributed by atoms with Gasteiger partial charge < -0.3 is 5.32 Å². The molecule has 1 aliphatic rings. The Morgan fingerprint density at radius 3 is 2.94 bits per heavy atom. The number of aromatic nitrogens is 1. The smallest absolute Gasteiger partial charge is 0.149 e. The van der Waals surface area contributed by atoms with E-state index in [9.17, 15) is 4.39 Å². The molecule has 0 spiro atoms. The number of pyridine rings is 1. The summed E-state index contributed by atoms with van der Waals surface area (Å²) < 4.78 is 13.8. The molecule has 3 rings (SSSR count). The van der Waals surface area contributed by atoms with Gasteiger partial charge in [-0.05, 0) is 43.5 Å². The van der Waals surface area contributed by atoms with E-state index < -0.39 is 0 Å². The highest BCUT2D eigenvalue weighted by Gasteiger charge is 2.20. The molecule has 1 unspecified atom stereocenters. The maximum atomic E-state index is 13.8. The van der Waals surface area contributed by atoms with Crippen molar-refractivity contribution in [3.8, 4) is 0 Å². The van der Waals surface area contributed by atoms with Gasteiger partial charge in [-0.25, -0.2) is 4.39 Å². The number of hydrogen-bond acceptors (Lipinski definition) is 2. The van der Waals surface area contributed by atoms with Gasteiger partial charge in [0.25, 0.3) is 0 Å². The van der Waals surface area contributed by atoms with Gasteiger partial charge in [-0.1, -0.05) is 12.1 Å². The first-order valence-electron chi connectivity index (χ1n) is 6.02. The van der Waals surface area contributed by atoms with Crippen LogP contribution in [0.3, 0.4) is 0 Å². The molecule has 0 amide bonds. The number of aryl methyl sites for hydroxylation is 1. The normalized spacial score (nSPS) is 18.9. The van der Waals surface area contributed by atoms with Gasteiger partial charge in [-0.3, -0.25) is 4.98 Å². The molecule has 1 aliphatic heterocycles. The van der Waals surface area contributed by atoms with E-state index in [1.807, 2.05) is 13.0 Å². The van der Waals surface area contributed by atoms with E-state index in [-0.39, 0.29) is 18.2 Å². The monoisotopic (exact) mass is 266 g/mol. The summed E-state index contributed by atoms with van der Waals surface area (Å²) in [5.41, 5.74) is 2.64. The number of nitrogens with zero attached hydrogens (tertiary/aromatic N) is 1. The second-order valence-corrected chi connectivity index (χ2v) is 4.68. The molecule has 2 aromatic rings. The van der Waals surface area contributed by atoms with Crippen LogP contribution in [0.1, 0.15) is 23.6 Å². The van der Waals surface area contributed by atoms with Crippen LogP contribution in [0.15, 0.2) is 24.3 Å². The van der Waals surface area contributed by atoms with Gasteiger partial charge in [-0.15, -0.1) is 12.4 Å². The Hall–Kier alpha value is -1.19. The lowest BCUT2D eigenvalue weighted by atomic mass is 9.94. The molecule has 1 aromatic heterocycles. The van der Waals surface area contributed by atoms with Crippen molar-refractivity contribution in [2.24, 2.45) is 0 Å². The Labute approximate surface area is 112 Å². The third kappa shape index (κ3) is 2.20. The third-order valence-electron chi connectivity index (χ3n) is 3.45. The molecule has 1 aromatic carbocycles. The Kier molecular flexibility index (Phi) is 3.83. The lowest BCUT2D eigenvalue weighted by Crippen LogP contribution is -2.08. The van der Waals surface area contributed by atoms with Crippen LogP contribution in [-0.4, -0.2) is 18.1 Å². The SMILES string of the molecule is Cc1cc(C2CCNC2)c2cccc(F)c2n1.Cl. The van der Waals surface area contributed by atoms with Crippen LogP contribution in [0.5, 0.6) is 0 Å². The van der Waals surface area contributed by atoms with Crippen LogP contribution in [0.2, 0.25) is 0 Å². The highest BCUT2D eigenvalue weighted by molar-refractivity contribution is 5.85. The fourth-order valence-corrected chi connectivity index (χ4v) is 2.63. The van der Waals surface area contributed by atoms with Crippen molar-refractivity contribution in [1.82, 2.24) is 10.3 Å². The molecule has 2 nitrogen and oxygen atoms in total. The van der Waals surface area contributed by atoms with E-state index in [1.54, 1.807) is 6.07 Å². The topological polar surface area (TPSA) is 24.9 Å². The van der Waals surface area contributed by atoms with Crippen molar-refractivity contribution in [1.29, 1.82) is 0 Å². The zero-order chi connectivity index (χ0) is 11.8. The fourth-order valence-electron chi connectivity index (χ4n) is 2.63. The average Bonchev–Trinajstić information content (AvgIpc) is 2.83. The van der Waals surface area contributed by atoms with Gasteiger partial charge in [0.1, 0.15) is 11.3 Å². The number of fused-ring (bicyclic) bond motifs is 1. The summed E-state index contributed by atoms with van der Waals surface area (Å²) in [7, 11) is 0. The van der Waals surface area contributed by atoms with Crippen molar-refractivity contribution in [2.45, 2.75) is 19.3 Å². The molecule has 0 radical (unpaired) electrons. The van der Waals surface area contributed by atoms with E-state index >= 15 is 0 Å². The van der Waals surface area contributed by atoms with Crippen molar-refractivity contribution >= 4 is 23.3 Å². The van der Waals surface area contributed by atoms with Crippen LogP contribution >= 0.6 is 12.4 Å². The molecule has 18 heavy (non-hydrogen) atoms. The summed E-state index contributed by atoms with van der Waals surface area (Å²) in [4.78, 5) is 4.31. The van der Waals surface area contributed by atoms with Gasteiger partial charge in [0.15, 0.2) is 0 Å². The summed E-state index contributed by atoms with van der Waals surface area (Å²) in [6.45, 7) is 3.95. The zero-order valence-electron chi connectivity index (χ0n) is 10.2. The molecular weight excluding hydrogens is 251 g/mol. The van der Waals surface area contributed by atoms with Crippen molar-refractivity contribution in [3.05, 3.63) is 41.3 Å². The van der Waals surface area contributed by atoms with E-state index in [4.69, 9.17) is 0 Å². The van der Waals surface area contributed by atoms with E-state index in [0.717, 1.165) is 30.6 Å². The van der Waals surface area contributed by atoms with Crippen LogP contribution in [0.25, 0.3) is 10.9 Å². The minimum absolute atomic E-state index is 0. The zero-order valence-corrected chi connectivity index (χ0v) is 11.1. The third-order valence-corrected chi connectivity index (χ3v) is 3.45. The second-order valence-electron chi connectivity index (χ2n) is 4.68. The number of halogens is 2. The maximum absolute atomic E-state index is 13.8. The molecule has 2 heterocycles. The molecule has 0 aliphatic carbocycles.